The highest BCUT2D eigenvalue weighted by Gasteiger charge is 2.56. The Balaban J connectivity index is 1.67. The number of carbonyl (C=O) groups excluding carboxylic acids is 2. The molecule has 1 aliphatic rings. The minimum Gasteiger partial charge on any atom is -0.351 e. The third-order valence-corrected chi connectivity index (χ3v) is 4.76. The number of halogens is 3. The molecule has 25 heavy (non-hydrogen) atoms. The molecule has 0 aromatic heterocycles. The maximum atomic E-state index is 13.6. The Hall–Kier alpha value is -2.11. The summed E-state index contributed by atoms with van der Waals surface area (Å²) in [6.45, 7) is 0.0262. The fraction of sp³-hybridized carbons (Fsp3) is 0.222. The number of anilines is 1. The molecule has 2 N–H and O–H groups in total. The Morgan fingerprint density at radius 1 is 1.08 bits per heavy atom. The van der Waals surface area contributed by atoms with Crippen molar-refractivity contribution in [2.24, 2.45) is 5.41 Å². The topological polar surface area (TPSA) is 58.2 Å². The van der Waals surface area contributed by atoms with Crippen molar-refractivity contribution in [1.29, 1.82) is 0 Å². The van der Waals surface area contributed by atoms with Gasteiger partial charge in [0, 0.05) is 17.1 Å². The van der Waals surface area contributed by atoms with Crippen molar-refractivity contribution in [3.63, 3.8) is 0 Å². The molecule has 2 amide bonds. The van der Waals surface area contributed by atoms with Crippen LogP contribution in [-0.2, 0) is 16.1 Å². The molecular formula is C18H15Cl2FN2O2. The molecule has 0 atom stereocenters. The second-order valence-corrected chi connectivity index (χ2v) is 6.78. The SMILES string of the molecule is O=C(NCc1ccccc1F)C1(C(=O)Nc2cc(Cl)ccc2Cl)CC1. The number of hydrogen-bond donors (Lipinski definition) is 2. The standard InChI is InChI=1S/C18H15Cl2FN2O2/c19-12-5-6-13(20)15(9-12)23-17(25)18(7-8-18)16(24)22-10-11-3-1-2-4-14(11)21/h1-6,9H,7-8,10H2,(H,22,24)(H,23,25). The Bertz CT molecular complexity index is 838. The summed E-state index contributed by atoms with van der Waals surface area (Å²) in [5.41, 5.74) is -0.422. The van der Waals surface area contributed by atoms with Gasteiger partial charge in [0.1, 0.15) is 11.2 Å². The summed E-state index contributed by atoms with van der Waals surface area (Å²) in [7, 11) is 0. The van der Waals surface area contributed by atoms with Crippen LogP contribution in [0.4, 0.5) is 10.1 Å². The van der Waals surface area contributed by atoms with Gasteiger partial charge in [-0.1, -0.05) is 41.4 Å². The molecule has 0 spiro atoms. The van der Waals surface area contributed by atoms with Crippen LogP contribution in [-0.4, -0.2) is 11.8 Å². The predicted octanol–water partition coefficient (Wildman–Crippen LogP) is 4.17. The van der Waals surface area contributed by atoms with Gasteiger partial charge >= 0.3 is 0 Å². The van der Waals surface area contributed by atoms with Crippen LogP contribution in [0.25, 0.3) is 0 Å². The summed E-state index contributed by atoms with van der Waals surface area (Å²) < 4.78 is 13.6. The molecule has 7 heteroatoms. The number of carbonyl (C=O) groups is 2. The van der Waals surface area contributed by atoms with E-state index in [1.807, 2.05) is 0 Å². The molecule has 0 bridgehead atoms. The van der Waals surface area contributed by atoms with Gasteiger partial charge < -0.3 is 10.6 Å². The summed E-state index contributed by atoms with van der Waals surface area (Å²) in [5.74, 6) is -1.27. The van der Waals surface area contributed by atoms with Gasteiger partial charge in [0.15, 0.2) is 0 Å². The van der Waals surface area contributed by atoms with Crippen LogP contribution in [0.3, 0.4) is 0 Å². The van der Waals surface area contributed by atoms with Gasteiger partial charge in [0.05, 0.1) is 10.7 Å². The molecule has 1 aliphatic carbocycles. The van der Waals surface area contributed by atoms with Crippen molar-refractivity contribution in [2.45, 2.75) is 19.4 Å². The van der Waals surface area contributed by atoms with E-state index >= 15 is 0 Å². The molecule has 0 saturated heterocycles. The summed E-state index contributed by atoms with van der Waals surface area (Å²) in [6.07, 6.45) is 0.861. The molecule has 130 valence electrons. The fourth-order valence-corrected chi connectivity index (χ4v) is 2.84. The van der Waals surface area contributed by atoms with Gasteiger partial charge in [-0.25, -0.2) is 4.39 Å². The molecule has 1 fully saturated rings. The highest BCUT2D eigenvalue weighted by molar-refractivity contribution is 6.36. The first-order valence-electron chi connectivity index (χ1n) is 7.70. The summed E-state index contributed by atoms with van der Waals surface area (Å²) in [4.78, 5) is 25.0. The molecule has 0 radical (unpaired) electrons. The maximum absolute atomic E-state index is 13.6. The molecule has 4 nitrogen and oxygen atoms in total. The third-order valence-electron chi connectivity index (χ3n) is 4.19. The van der Waals surface area contributed by atoms with E-state index in [-0.39, 0.29) is 6.54 Å². The van der Waals surface area contributed by atoms with E-state index in [2.05, 4.69) is 10.6 Å². The largest absolute Gasteiger partial charge is 0.351 e. The van der Waals surface area contributed by atoms with Crippen molar-refractivity contribution in [3.8, 4) is 0 Å². The molecule has 3 rings (SSSR count). The van der Waals surface area contributed by atoms with E-state index in [1.165, 1.54) is 12.1 Å². The summed E-state index contributed by atoms with van der Waals surface area (Å²) in [6, 6.07) is 10.9. The van der Waals surface area contributed by atoms with Crippen LogP contribution in [0.15, 0.2) is 42.5 Å². The Kier molecular flexibility index (Phi) is 4.97. The lowest BCUT2D eigenvalue weighted by molar-refractivity contribution is -0.134. The van der Waals surface area contributed by atoms with Crippen molar-refractivity contribution in [1.82, 2.24) is 5.32 Å². The highest BCUT2D eigenvalue weighted by Crippen LogP contribution is 2.47. The van der Waals surface area contributed by atoms with Gasteiger partial charge in [-0.15, -0.1) is 0 Å². The van der Waals surface area contributed by atoms with Gasteiger partial charge in [-0.05, 0) is 37.1 Å². The van der Waals surface area contributed by atoms with E-state index < -0.39 is 23.0 Å². The average molecular weight is 381 g/mol. The van der Waals surface area contributed by atoms with Gasteiger partial charge in [0.2, 0.25) is 11.8 Å². The molecule has 0 unspecified atom stereocenters. The normalized spacial score (nSPS) is 14.7. The summed E-state index contributed by atoms with van der Waals surface area (Å²) >= 11 is 11.9. The van der Waals surface area contributed by atoms with Gasteiger partial charge in [-0.3, -0.25) is 9.59 Å². The van der Waals surface area contributed by atoms with Crippen LogP contribution in [0.1, 0.15) is 18.4 Å². The lowest BCUT2D eigenvalue weighted by atomic mass is 10.0. The lowest BCUT2D eigenvalue weighted by Gasteiger charge is -2.16. The van der Waals surface area contributed by atoms with Crippen LogP contribution in [0, 0.1) is 11.2 Å². The second kappa shape index (κ2) is 7.02. The van der Waals surface area contributed by atoms with Crippen molar-refractivity contribution in [2.75, 3.05) is 5.32 Å². The lowest BCUT2D eigenvalue weighted by Crippen LogP contribution is -2.39. The fourth-order valence-electron chi connectivity index (χ4n) is 2.50. The van der Waals surface area contributed by atoms with E-state index in [4.69, 9.17) is 23.2 Å². The quantitative estimate of drug-likeness (QED) is 0.764. The second-order valence-electron chi connectivity index (χ2n) is 5.93. The van der Waals surface area contributed by atoms with E-state index in [1.54, 1.807) is 30.3 Å². The predicted molar refractivity (Wildman–Crippen MR) is 95.0 cm³/mol. The molecule has 0 aliphatic heterocycles. The number of hydrogen-bond acceptors (Lipinski definition) is 2. The van der Waals surface area contributed by atoms with Crippen molar-refractivity contribution >= 4 is 40.7 Å². The summed E-state index contributed by atoms with van der Waals surface area (Å²) in [5, 5.41) is 6.05. The van der Waals surface area contributed by atoms with Gasteiger partial charge in [0.25, 0.3) is 0 Å². The molecule has 0 heterocycles. The number of rotatable bonds is 5. The van der Waals surface area contributed by atoms with Crippen LogP contribution >= 0.6 is 23.2 Å². The first kappa shape index (κ1) is 17.7. The molecule has 2 aromatic rings. The minimum atomic E-state index is -1.14. The smallest absolute Gasteiger partial charge is 0.240 e. The van der Waals surface area contributed by atoms with Crippen LogP contribution < -0.4 is 10.6 Å². The highest BCUT2D eigenvalue weighted by atomic mass is 35.5. The molecule has 1 saturated carbocycles. The zero-order valence-electron chi connectivity index (χ0n) is 13.1. The maximum Gasteiger partial charge on any atom is 0.240 e. The third kappa shape index (κ3) is 3.78. The first-order valence-corrected chi connectivity index (χ1v) is 8.46. The van der Waals surface area contributed by atoms with Crippen molar-refractivity contribution < 1.29 is 14.0 Å². The first-order chi connectivity index (χ1) is 11.9. The van der Waals surface area contributed by atoms with E-state index in [0.29, 0.717) is 34.1 Å². The zero-order chi connectivity index (χ0) is 18.0. The Morgan fingerprint density at radius 3 is 2.48 bits per heavy atom. The Morgan fingerprint density at radius 2 is 1.80 bits per heavy atom. The van der Waals surface area contributed by atoms with Gasteiger partial charge in [-0.2, -0.15) is 0 Å². The minimum absolute atomic E-state index is 0.0262. The van der Waals surface area contributed by atoms with Crippen molar-refractivity contribution in [3.05, 3.63) is 63.9 Å². The van der Waals surface area contributed by atoms with E-state index in [0.717, 1.165) is 0 Å². The number of benzene rings is 2. The van der Waals surface area contributed by atoms with Crippen LogP contribution in [0.5, 0.6) is 0 Å². The average Bonchev–Trinajstić information content (AvgIpc) is 3.39. The Labute approximate surface area is 154 Å². The number of amides is 2. The zero-order valence-corrected chi connectivity index (χ0v) is 14.6. The number of nitrogens with one attached hydrogen (secondary N) is 2. The molecule has 2 aromatic carbocycles. The van der Waals surface area contributed by atoms with Crippen LogP contribution in [0.2, 0.25) is 10.0 Å². The molecular weight excluding hydrogens is 366 g/mol. The van der Waals surface area contributed by atoms with E-state index in [9.17, 15) is 14.0 Å². The monoisotopic (exact) mass is 380 g/mol.